The molecule has 0 amide bonds. The lowest BCUT2D eigenvalue weighted by atomic mass is 10.0. The molecule has 0 aromatic carbocycles. The quantitative estimate of drug-likeness (QED) is 0.553. The van der Waals surface area contributed by atoms with Crippen LogP contribution < -0.4 is 0 Å². The Balaban J connectivity index is 2.50. The standard InChI is InChI=1S/C8H13N/c1-3-7-5-8(7,4-2)6-9/h7H,3-5H2,1-2H3. The van der Waals surface area contributed by atoms with Gasteiger partial charge in [0.15, 0.2) is 0 Å². The predicted molar refractivity (Wildman–Crippen MR) is 36.7 cm³/mol. The molecule has 0 aliphatic heterocycles. The van der Waals surface area contributed by atoms with E-state index in [0.29, 0.717) is 5.92 Å². The second kappa shape index (κ2) is 2.02. The summed E-state index contributed by atoms with van der Waals surface area (Å²) in [6, 6.07) is 2.40. The number of hydrogen-bond donors (Lipinski definition) is 0. The zero-order chi connectivity index (χ0) is 6.91. The highest BCUT2D eigenvalue weighted by atomic mass is 14.6. The molecule has 2 atom stereocenters. The summed E-state index contributed by atoms with van der Waals surface area (Å²) in [6.07, 6.45) is 3.37. The van der Waals surface area contributed by atoms with Gasteiger partial charge in [0.05, 0.1) is 11.5 Å². The van der Waals surface area contributed by atoms with Crippen molar-refractivity contribution in [1.29, 1.82) is 5.26 Å². The SMILES string of the molecule is CCC1CC1(C#N)CC. The Kier molecular flexibility index (Phi) is 1.48. The molecule has 0 radical (unpaired) electrons. The van der Waals surface area contributed by atoms with Crippen molar-refractivity contribution >= 4 is 0 Å². The van der Waals surface area contributed by atoms with Gasteiger partial charge < -0.3 is 0 Å². The molecule has 0 heterocycles. The van der Waals surface area contributed by atoms with Crippen LogP contribution >= 0.6 is 0 Å². The molecule has 1 nitrogen and oxygen atoms in total. The summed E-state index contributed by atoms with van der Waals surface area (Å²) in [7, 11) is 0. The van der Waals surface area contributed by atoms with Crippen molar-refractivity contribution in [2.75, 3.05) is 0 Å². The average Bonchev–Trinajstić information content (AvgIpc) is 2.63. The van der Waals surface area contributed by atoms with E-state index in [4.69, 9.17) is 5.26 Å². The molecule has 0 N–H and O–H groups in total. The van der Waals surface area contributed by atoms with Gasteiger partial charge in [-0.2, -0.15) is 5.26 Å². The van der Waals surface area contributed by atoms with Gasteiger partial charge in [-0.3, -0.25) is 0 Å². The van der Waals surface area contributed by atoms with E-state index in [-0.39, 0.29) is 5.41 Å². The molecule has 1 heteroatoms. The third-order valence-electron chi connectivity index (χ3n) is 2.58. The minimum atomic E-state index is 0.106. The van der Waals surface area contributed by atoms with Crippen molar-refractivity contribution in [3.63, 3.8) is 0 Å². The monoisotopic (exact) mass is 123 g/mol. The Hall–Kier alpha value is -0.510. The number of hydrogen-bond acceptors (Lipinski definition) is 1. The van der Waals surface area contributed by atoms with Gasteiger partial charge in [0.25, 0.3) is 0 Å². The summed E-state index contributed by atoms with van der Waals surface area (Å²) >= 11 is 0. The van der Waals surface area contributed by atoms with Gasteiger partial charge >= 0.3 is 0 Å². The van der Waals surface area contributed by atoms with E-state index in [1.807, 2.05) is 0 Å². The zero-order valence-electron chi connectivity index (χ0n) is 6.15. The van der Waals surface area contributed by atoms with E-state index in [2.05, 4.69) is 19.9 Å². The largest absolute Gasteiger partial charge is 0.198 e. The maximum absolute atomic E-state index is 8.71. The lowest BCUT2D eigenvalue weighted by Crippen LogP contribution is -1.96. The number of rotatable bonds is 2. The molecule has 2 unspecified atom stereocenters. The molecule has 1 aliphatic rings. The first-order valence-corrected chi connectivity index (χ1v) is 3.70. The van der Waals surface area contributed by atoms with Gasteiger partial charge in [-0.25, -0.2) is 0 Å². The van der Waals surface area contributed by atoms with Crippen LogP contribution in [0.25, 0.3) is 0 Å². The van der Waals surface area contributed by atoms with Crippen LogP contribution in [0.15, 0.2) is 0 Å². The van der Waals surface area contributed by atoms with E-state index in [9.17, 15) is 0 Å². The molecule has 0 spiro atoms. The topological polar surface area (TPSA) is 23.8 Å². The van der Waals surface area contributed by atoms with E-state index in [0.717, 1.165) is 12.8 Å². The summed E-state index contributed by atoms with van der Waals surface area (Å²) < 4.78 is 0. The van der Waals surface area contributed by atoms with Gasteiger partial charge in [-0.15, -0.1) is 0 Å². The molecule has 1 fully saturated rings. The highest BCUT2D eigenvalue weighted by Gasteiger charge is 2.51. The highest BCUT2D eigenvalue weighted by Crippen LogP contribution is 2.56. The van der Waals surface area contributed by atoms with E-state index < -0.39 is 0 Å². The van der Waals surface area contributed by atoms with Crippen LogP contribution in [0.4, 0.5) is 0 Å². The molecule has 1 aliphatic carbocycles. The third-order valence-corrected chi connectivity index (χ3v) is 2.58. The van der Waals surface area contributed by atoms with Crippen molar-refractivity contribution in [1.82, 2.24) is 0 Å². The summed E-state index contributed by atoms with van der Waals surface area (Å²) in [4.78, 5) is 0. The maximum atomic E-state index is 8.71. The molecular weight excluding hydrogens is 110 g/mol. The summed E-state index contributed by atoms with van der Waals surface area (Å²) in [5.74, 6) is 0.715. The fourth-order valence-electron chi connectivity index (χ4n) is 1.56. The van der Waals surface area contributed by atoms with Crippen LogP contribution in [0.5, 0.6) is 0 Å². The maximum Gasteiger partial charge on any atom is 0.0692 e. The number of nitrogens with zero attached hydrogens (tertiary/aromatic N) is 1. The smallest absolute Gasteiger partial charge is 0.0692 e. The normalized spacial score (nSPS) is 39.9. The minimum Gasteiger partial charge on any atom is -0.198 e. The van der Waals surface area contributed by atoms with E-state index in [1.165, 1.54) is 6.42 Å². The Morgan fingerprint density at radius 1 is 1.67 bits per heavy atom. The molecule has 0 aromatic rings. The van der Waals surface area contributed by atoms with E-state index >= 15 is 0 Å². The first-order valence-electron chi connectivity index (χ1n) is 3.70. The van der Waals surface area contributed by atoms with Crippen molar-refractivity contribution < 1.29 is 0 Å². The highest BCUT2D eigenvalue weighted by molar-refractivity contribution is 5.14. The lowest BCUT2D eigenvalue weighted by Gasteiger charge is -1.99. The van der Waals surface area contributed by atoms with Crippen LogP contribution in [0, 0.1) is 22.7 Å². The molecule has 0 saturated heterocycles. The van der Waals surface area contributed by atoms with Crippen molar-refractivity contribution in [3.8, 4) is 6.07 Å². The average molecular weight is 123 g/mol. The van der Waals surface area contributed by atoms with Crippen LogP contribution in [0.1, 0.15) is 33.1 Å². The Labute approximate surface area is 56.7 Å². The fourth-order valence-corrected chi connectivity index (χ4v) is 1.56. The van der Waals surface area contributed by atoms with Crippen LogP contribution in [-0.2, 0) is 0 Å². The predicted octanol–water partition coefficient (Wildman–Crippen LogP) is 2.34. The lowest BCUT2D eigenvalue weighted by molar-refractivity contribution is 0.550. The second-order valence-electron chi connectivity index (χ2n) is 2.93. The summed E-state index contributed by atoms with van der Waals surface area (Å²) in [5.41, 5.74) is 0.106. The molecule has 0 aromatic heterocycles. The Morgan fingerprint density at radius 2 is 2.33 bits per heavy atom. The van der Waals surface area contributed by atoms with Crippen molar-refractivity contribution in [2.24, 2.45) is 11.3 Å². The van der Waals surface area contributed by atoms with Gasteiger partial charge in [0.2, 0.25) is 0 Å². The van der Waals surface area contributed by atoms with Crippen LogP contribution in [0.2, 0.25) is 0 Å². The van der Waals surface area contributed by atoms with Crippen LogP contribution in [-0.4, -0.2) is 0 Å². The molecule has 9 heavy (non-hydrogen) atoms. The Bertz CT molecular complexity index is 145. The van der Waals surface area contributed by atoms with Gasteiger partial charge in [0.1, 0.15) is 0 Å². The van der Waals surface area contributed by atoms with Gasteiger partial charge in [-0.05, 0) is 18.8 Å². The second-order valence-corrected chi connectivity index (χ2v) is 2.93. The van der Waals surface area contributed by atoms with Crippen molar-refractivity contribution in [2.45, 2.75) is 33.1 Å². The molecule has 0 bridgehead atoms. The molecule has 1 rings (SSSR count). The molecule has 50 valence electrons. The third kappa shape index (κ3) is 0.830. The number of nitriles is 1. The van der Waals surface area contributed by atoms with Crippen LogP contribution in [0.3, 0.4) is 0 Å². The molecule has 1 saturated carbocycles. The first-order chi connectivity index (χ1) is 4.29. The minimum absolute atomic E-state index is 0.106. The van der Waals surface area contributed by atoms with Gasteiger partial charge in [-0.1, -0.05) is 20.3 Å². The van der Waals surface area contributed by atoms with Gasteiger partial charge in [0, 0.05) is 0 Å². The first kappa shape index (κ1) is 6.61. The zero-order valence-corrected chi connectivity index (χ0v) is 6.15. The Morgan fingerprint density at radius 3 is 2.44 bits per heavy atom. The fraction of sp³-hybridized carbons (Fsp3) is 0.875. The summed E-state index contributed by atoms with van der Waals surface area (Å²) in [6.45, 7) is 4.28. The molecular formula is C8H13N. The van der Waals surface area contributed by atoms with E-state index in [1.54, 1.807) is 0 Å². The summed E-state index contributed by atoms with van der Waals surface area (Å²) in [5, 5.41) is 8.71. The van der Waals surface area contributed by atoms with Crippen molar-refractivity contribution in [3.05, 3.63) is 0 Å².